The summed E-state index contributed by atoms with van der Waals surface area (Å²) in [5, 5.41) is 7.37. The first kappa shape index (κ1) is 12.4. The molecule has 20 heavy (non-hydrogen) atoms. The molecule has 0 saturated heterocycles. The summed E-state index contributed by atoms with van der Waals surface area (Å²) in [6, 6.07) is 16.5. The molecule has 0 aliphatic carbocycles. The molecule has 1 N–H and O–H groups in total. The van der Waals surface area contributed by atoms with E-state index in [-0.39, 0.29) is 5.82 Å². The summed E-state index contributed by atoms with van der Waals surface area (Å²) in [5.41, 5.74) is 2.60. The Labute approximate surface area is 116 Å². The number of halogens is 1. The third-order valence-corrected chi connectivity index (χ3v) is 3.08. The minimum Gasteiger partial charge on any atom is -0.381 e. The second-order valence-electron chi connectivity index (χ2n) is 4.44. The van der Waals surface area contributed by atoms with Crippen LogP contribution in [0, 0.1) is 5.82 Å². The molecule has 2 aromatic carbocycles. The maximum atomic E-state index is 13.5. The Morgan fingerprint density at radius 3 is 2.50 bits per heavy atom. The molecule has 0 aliphatic heterocycles. The zero-order chi connectivity index (χ0) is 13.8. The van der Waals surface area contributed by atoms with Gasteiger partial charge >= 0.3 is 0 Å². The van der Waals surface area contributed by atoms with Gasteiger partial charge in [0, 0.05) is 30.2 Å². The monoisotopic (exact) mass is 267 g/mol. The van der Waals surface area contributed by atoms with E-state index >= 15 is 0 Å². The van der Waals surface area contributed by atoms with Crippen LogP contribution < -0.4 is 5.32 Å². The number of hydrogen-bond donors (Lipinski definition) is 1. The molecule has 0 atom stereocenters. The summed E-state index contributed by atoms with van der Waals surface area (Å²) in [4.78, 5) is 0. The van der Waals surface area contributed by atoms with Crippen LogP contribution in [-0.2, 0) is 6.54 Å². The lowest BCUT2D eigenvalue weighted by atomic mass is 10.2. The first-order chi connectivity index (χ1) is 9.83. The summed E-state index contributed by atoms with van der Waals surface area (Å²) in [6.45, 7) is 0.466. The van der Waals surface area contributed by atoms with Crippen molar-refractivity contribution < 1.29 is 4.39 Å². The highest BCUT2D eigenvalue weighted by Gasteiger charge is 2.01. The van der Waals surface area contributed by atoms with Crippen LogP contribution in [0.2, 0.25) is 0 Å². The van der Waals surface area contributed by atoms with E-state index in [1.54, 1.807) is 23.0 Å². The van der Waals surface area contributed by atoms with E-state index in [0.29, 0.717) is 12.1 Å². The predicted molar refractivity (Wildman–Crippen MR) is 77.3 cm³/mol. The van der Waals surface area contributed by atoms with Crippen LogP contribution in [0.3, 0.4) is 0 Å². The second-order valence-corrected chi connectivity index (χ2v) is 4.44. The number of nitrogens with zero attached hydrogens (tertiary/aromatic N) is 2. The van der Waals surface area contributed by atoms with Gasteiger partial charge in [0.15, 0.2) is 0 Å². The predicted octanol–water partition coefficient (Wildman–Crippen LogP) is 3.62. The lowest BCUT2D eigenvalue weighted by Crippen LogP contribution is -2.02. The Morgan fingerprint density at radius 1 is 1.00 bits per heavy atom. The average Bonchev–Trinajstić information content (AvgIpc) is 3.01. The van der Waals surface area contributed by atoms with Crippen LogP contribution in [-0.4, -0.2) is 9.78 Å². The molecule has 3 nitrogen and oxygen atoms in total. The Hall–Kier alpha value is -2.62. The molecule has 0 saturated carbocycles. The Kier molecular flexibility index (Phi) is 3.46. The molecule has 1 heterocycles. The summed E-state index contributed by atoms with van der Waals surface area (Å²) in [6.07, 6.45) is 3.63. The molecule has 0 amide bonds. The van der Waals surface area contributed by atoms with Gasteiger partial charge in [-0.3, -0.25) is 0 Å². The average molecular weight is 267 g/mol. The van der Waals surface area contributed by atoms with Crippen LogP contribution in [0.15, 0.2) is 67.0 Å². The maximum absolute atomic E-state index is 13.5. The molecule has 0 radical (unpaired) electrons. The lowest BCUT2D eigenvalue weighted by molar-refractivity contribution is 0.613. The molecule has 100 valence electrons. The third-order valence-electron chi connectivity index (χ3n) is 3.08. The van der Waals surface area contributed by atoms with E-state index < -0.39 is 0 Å². The topological polar surface area (TPSA) is 29.9 Å². The first-order valence-electron chi connectivity index (χ1n) is 6.40. The van der Waals surface area contributed by atoms with Gasteiger partial charge < -0.3 is 5.32 Å². The minimum atomic E-state index is -0.187. The highest BCUT2D eigenvalue weighted by Crippen LogP contribution is 2.14. The van der Waals surface area contributed by atoms with Crippen molar-refractivity contribution in [2.45, 2.75) is 6.54 Å². The van der Waals surface area contributed by atoms with Crippen LogP contribution >= 0.6 is 0 Å². The van der Waals surface area contributed by atoms with Gasteiger partial charge in [-0.25, -0.2) is 9.07 Å². The van der Waals surface area contributed by atoms with Crippen molar-refractivity contribution in [1.82, 2.24) is 9.78 Å². The van der Waals surface area contributed by atoms with Crippen molar-refractivity contribution in [3.63, 3.8) is 0 Å². The molecular formula is C16H14FN3. The zero-order valence-electron chi connectivity index (χ0n) is 10.8. The van der Waals surface area contributed by atoms with Crippen molar-refractivity contribution in [1.29, 1.82) is 0 Å². The van der Waals surface area contributed by atoms with Crippen LogP contribution in [0.1, 0.15) is 5.56 Å². The van der Waals surface area contributed by atoms with E-state index in [0.717, 1.165) is 11.4 Å². The second kappa shape index (κ2) is 5.57. The SMILES string of the molecule is Fc1ccccc1CNc1ccc(-n2cccn2)cc1. The van der Waals surface area contributed by atoms with Gasteiger partial charge in [-0.15, -0.1) is 0 Å². The largest absolute Gasteiger partial charge is 0.381 e. The van der Waals surface area contributed by atoms with Gasteiger partial charge in [0.2, 0.25) is 0 Å². The van der Waals surface area contributed by atoms with E-state index in [1.165, 1.54) is 6.07 Å². The van der Waals surface area contributed by atoms with Gasteiger partial charge in [-0.2, -0.15) is 5.10 Å². The van der Waals surface area contributed by atoms with Gasteiger partial charge in [0.05, 0.1) is 5.69 Å². The Morgan fingerprint density at radius 2 is 1.80 bits per heavy atom. The van der Waals surface area contributed by atoms with Crippen LogP contribution in [0.4, 0.5) is 10.1 Å². The maximum Gasteiger partial charge on any atom is 0.128 e. The highest BCUT2D eigenvalue weighted by molar-refractivity contribution is 5.48. The molecular weight excluding hydrogens is 253 g/mol. The Bertz CT molecular complexity index is 675. The number of benzene rings is 2. The third kappa shape index (κ3) is 2.69. The van der Waals surface area contributed by atoms with Gasteiger partial charge in [0.25, 0.3) is 0 Å². The van der Waals surface area contributed by atoms with Gasteiger partial charge in [-0.1, -0.05) is 18.2 Å². The van der Waals surface area contributed by atoms with E-state index in [9.17, 15) is 4.39 Å². The summed E-state index contributed by atoms with van der Waals surface area (Å²) < 4.78 is 15.3. The first-order valence-corrected chi connectivity index (χ1v) is 6.40. The minimum absolute atomic E-state index is 0.187. The Balaban J connectivity index is 1.68. The number of rotatable bonds is 4. The van der Waals surface area contributed by atoms with Gasteiger partial charge in [0.1, 0.15) is 5.82 Å². The van der Waals surface area contributed by atoms with Crippen molar-refractivity contribution in [2.24, 2.45) is 0 Å². The summed E-state index contributed by atoms with van der Waals surface area (Å²) >= 11 is 0. The molecule has 3 aromatic rings. The van der Waals surface area contributed by atoms with E-state index in [2.05, 4.69) is 10.4 Å². The molecule has 4 heteroatoms. The highest BCUT2D eigenvalue weighted by atomic mass is 19.1. The molecule has 0 spiro atoms. The summed E-state index contributed by atoms with van der Waals surface area (Å²) in [7, 11) is 0. The smallest absolute Gasteiger partial charge is 0.128 e. The van der Waals surface area contributed by atoms with Crippen molar-refractivity contribution in [3.05, 3.63) is 78.4 Å². The number of hydrogen-bond acceptors (Lipinski definition) is 2. The number of aromatic nitrogens is 2. The fourth-order valence-electron chi connectivity index (χ4n) is 1.99. The fraction of sp³-hybridized carbons (Fsp3) is 0.0625. The number of nitrogens with one attached hydrogen (secondary N) is 1. The number of anilines is 1. The van der Waals surface area contributed by atoms with E-state index in [1.807, 2.05) is 42.6 Å². The zero-order valence-corrected chi connectivity index (χ0v) is 10.8. The van der Waals surface area contributed by atoms with Crippen LogP contribution in [0.5, 0.6) is 0 Å². The van der Waals surface area contributed by atoms with Crippen molar-refractivity contribution >= 4 is 5.69 Å². The molecule has 0 unspecified atom stereocenters. The van der Waals surface area contributed by atoms with Crippen molar-refractivity contribution in [2.75, 3.05) is 5.32 Å². The standard InChI is InChI=1S/C16H14FN3/c17-16-5-2-1-4-13(16)12-18-14-6-8-15(9-7-14)20-11-3-10-19-20/h1-11,18H,12H2. The summed E-state index contributed by atoms with van der Waals surface area (Å²) in [5.74, 6) is -0.187. The molecule has 0 fully saturated rings. The van der Waals surface area contributed by atoms with Crippen molar-refractivity contribution in [3.8, 4) is 5.69 Å². The normalized spacial score (nSPS) is 10.4. The lowest BCUT2D eigenvalue weighted by Gasteiger charge is -2.08. The fourth-order valence-corrected chi connectivity index (χ4v) is 1.99. The van der Waals surface area contributed by atoms with Crippen LogP contribution in [0.25, 0.3) is 5.69 Å². The molecule has 3 rings (SSSR count). The molecule has 0 aliphatic rings. The molecule has 1 aromatic heterocycles. The van der Waals surface area contributed by atoms with Gasteiger partial charge in [-0.05, 0) is 36.4 Å². The molecule has 0 bridgehead atoms. The quantitative estimate of drug-likeness (QED) is 0.782. The van der Waals surface area contributed by atoms with E-state index in [4.69, 9.17) is 0 Å².